The van der Waals surface area contributed by atoms with Crippen LogP contribution in [0.15, 0.2) is 6.07 Å². The summed E-state index contributed by atoms with van der Waals surface area (Å²) in [7, 11) is 0. The van der Waals surface area contributed by atoms with Crippen molar-refractivity contribution in [3.63, 3.8) is 0 Å². The Morgan fingerprint density at radius 1 is 1.44 bits per heavy atom. The van der Waals surface area contributed by atoms with E-state index in [1.807, 2.05) is 0 Å². The molecular formula is C9H4F5IN2O. The zero-order valence-corrected chi connectivity index (χ0v) is 10.6. The molecule has 1 aromatic rings. The third kappa shape index (κ3) is 3.94. The Labute approximate surface area is 112 Å². The number of halogens is 6. The van der Waals surface area contributed by atoms with Crippen LogP contribution in [0.5, 0.6) is 5.75 Å². The van der Waals surface area contributed by atoms with Gasteiger partial charge in [-0.15, -0.1) is 13.2 Å². The van der Waals surface area contributed by atoms with E-state index in [0.29, 0.717) is 0 Å². The first-order chi connectivity index (χ1) is 8.24. The van der Waals surface area contributed by atoms with Crippen molar-refractivity contribution in [2.24, 2.45) is 0 Å². The Bertz CT molecular complexity index is 483. The highest BCUT2D eigenvalue weighted by molar-refractivity contribution is 14.1. The minimum atomic E-state index is -5.08. The number of ether oxygens (including phenoxy) is 1. The molecule has 0 aromatic carbocycles. The number of hydrogen-bond donors (Lipinski definition) is 0. The molecule has 0 unspecified atom stereocenters. The molecule has 0 aliphatic rings. The van der Waals surface area contributed by atoms with E-state index in [2.05, 4.69) is 9.72 Å². The molecule has 3 nitrogen and oxygen atoms in total. The number of aromatic nitrogens is 1. The molecule has 0 aliphatic carbocycles. The number of rotatable bonds is 3. The third-order valence-electron chi connectivity index (χ3n) is 1.72. The van der Waals surface area contributed by atoms with Gasteiger partial charge in [0.15, 0.2) is 5.75 Å². The van der Waals surface area contributed by atoms with Gasteiger partial charge in [0.05, 0.1) is 18.2 Å². The lowest BCUT2D eigenvalue weighted by molar-refractivity contribution is -0.275. The van der Waals surface area contributed by atoms with Crippen molar-refractivity contribution in [3.05, 3.63) is 21.0 Å². The molecule has 9 heteroatoms. The maximum atomic E-state index is 12.6. The first-order valence-corrected chi connectivity index (χ1v) is 5.42. The second-order valence-electron chi connectivity index (χ2n) is 2.98. The molecule has 0 saturated carbocycles. The fourth-order valence-electron chi connectivity index (χ4n) is 1.09. The van der Waals surface area contributed by atoms with Crippen molar-refractivity contribution in [2.45, 2.75) is 19.2 Å². The minimum Gasteiger partial charge on any atom is -0.404 e. The molecular weight excluding hydrogens is 374 g/mol. The van der Waals surface area contributed by atoms with Crippen LogP contribution in [0.2, 0.25) is 0 Å². The Kier molecular flexibility index (Phi) is 4.66. The number of nitrogens with zero attached hydrogens (tertiary/aromatic N) is 2. The fourth-order valence-corrected chi connectivity index (χ4v) is 1.68. The van der Waals surface area contributed by atoms with Crippen LogP contribution in [0, 0.1) is 14.9 Å². The highest BCUT2D eigenvalue weighted by Crippen LogP contribution is 2.33. The summed E-state index contributed by atoms with van der Waals surface area (Å²) < 4.78 is 64.8. The average Bonchev–Trinajstić information content (AvgIpc) is 2.19. The molecule has 0 atom stereocenters. The maximum absolute atomic E-state index is 12.6. The van der Waals surface area contributed by atoms with E-state index in [1.165, 1.54) is 0 Å². The Balaban J connectivity index is 3.25. The minimum absolute atomic E-state index is 0.0112. The van der Waals surface area contributed by atoms with Crippen molar-refractivity contribution in [2.75, 3.05) is 0 Å². The van der Waals surface area contributed by atoms with Crippen LogP contribution < -0.4 is 4.74 Å². The molecule has 0 fully saturated rings. The molecule has 1 heterocycles. The van der Waals surface area contributed by atoms with E-state index in [9.17, 15) is 22.0 Å². The fraction of sp³-hybridized carbons (Fsp3) is 0.333. The first-order valence-electron chi connectivity index (χ1n) is 4.34. The van der Waals surface area contributed by atoms with E-state index in [1.54, 1.807) is 28.7 Å². The molecule has 0 saturated heterocycles. The van der Waals surface area contributed by atoms with Gasteiger partial charge < -0.3 is 4.74 Å². The summed E-state index contributed by atoms with van der Waals surface area (Å²) in [5, 5.41) is 8.44. The molecule has 0 bridgehead atoms. The van der Waals surface area contributed by atoms with Gasteiger partial charge in [-0.2, -0.15) is 5.26 Å². The van der Waals surface area contributed by atoms with Gasteiger partial charge in [-0.25, -0.2) is 13.8 Å². The van der Waals surface area contributed by atoms with Crippen molar-refractivity contribution in [1.82, 2.24) is 4.98 Å². The van der Waals surface area contributed by atoms with E-state index in [-0.39, 0.29) is 15.7 Å². The second-order valence-corrected chi connectivity index (χ2v) is 4.15. The number of nitriles is 1. The lowest BCUT2D eigenvalue weighted by atomic mass is 10.2. The van der Waals surface area contributed by atoms with Crippen LogP contribution in [0.4, 0.5) is 22.0 Å². The summed E-state index contributed by atoms with van der Waals surface area (Å²) in [4.78, 5) is 3.34. The van der Waals surface area contributed by atoms with Gasteiger partial charge in [-0.1, -0.05) is 0 Å². The summed E-state index contributed by atoms with van der Waals surface area (Å²) in [5.74, 6) is -1.05. The van der Waals surface area contributed by atoms with Crippen LogP contribution in [0.1, 0.15) is 17.8 Å². The van der Waals surface area contributed by atoms with E-state index in [0.717, 1.165) is 6.07 Å². The molecule has 1 aromatic heterocycles. The molecule has 98 valence electrons. The maximum Gasteiger partial charge on any atom is 0.573 e. The Morgan fingerprint density at radius 3 is 2.50 bits per heavy atom. The highest BCUT2D eigenvalue weighted by Gasteiger charge is 2.34. The van der Waals surface area contributed by atoms with Crippen LogP contribution in [-0.4, -0.2) is 11.3 Å². The predicted molar refractivity (Wildman–Crippen MR) is 57.9 cm³/mol. The highest BCUT2D eigenvalue weighted by atomic mass is 127. The largest absolute Gasteiger partial charge is 0.573 e. The Hall–Kier alpha value is -1.18. The topological polar surface area (TPSA) is 45.9 Å². The van der Waals surface area contributed by atoms with E-state index < -0.39 is 24.2 Å². The van der Waals surface area contributed by atoms with Gasteiger partial charge in [0.25, 0.3) is 6.43 Å². The average molecular weight is 378 g/mol. The van der Waals surface area contributed by atoms with Crippen LogP contribution in [-0.2, 0) is 6.42 Å². The second kappa shape index (κ2) is 5.64. The van der Waals surface area contributed by atoms with Gasteiger partial charge >= 0.3 is 6.36 Å². The smallest absolute Gasteiger partial charge is 0.404 e. The van der Waals surface area contributed by atoms with Gasteiger partial charge in [0.1, 0.15) is 5.69 Å². The van der Waals surface area contributed by atoms with Gasteiger partial charge in [0, 0.05) is 3.57 Å². The monoisotopic (exact) mass is 378 g/mol. The van der Waals surface area contributed by atoms with Crippen molar-refractivity contribution in [3.8, 4) is 11.8 Å². The lowest BCUT2D eigenvalue weighted by Crippen LogP contribution is -2.19. The zero-order chi connectivity index (χ0) is 13.9. The number of alkyl halides is 5. The summed E-state index contributed by atoms with van der Waals surface area (Å²) >= 11 is 1.60. The van der Waals surface area contributed by atoms with Crippen molar-refractivity contribution >= 4 is 22.6 Å². The Morgan fingerprint density at radius 2 is 2.06 bits per heavy atom. The summed E-state index contributed by atoms with van der Waals surface area (Å²) in [6, 6.07) is 2.47. The first kappa shape index (κ1) is 14.9. The van der Waals surface area contributed by atoms with E-state index >= 15 is 0 Å². The van der Waals surface area contributed by atoms with Gasteiger partial charge in [-0.05, 0) is 28.7 Å². The van der Waals surface area contributed by atoms with Crippen molar-refractivity contribution in [1.29, 1.82) is 5.26 Å². The standard InChI is InChI=1S/C9H4F5IN2O/c10-8(11)7-6(18-9(12,13)14)3-4(15)5(17-7)1-2-16/h3,8H,1H2. The SMILES string of the molecule is N#CCc1nc(C(F)F)c(OC(F)(F)F)cc1I. The molecule has 0 radical (unpaired) electrons. The number of hydrogen-bond acceptors (Lipinski definition) is 3. The van der Waals surface area contributed by atoms with Gasteiger partial charge in [-0.3, -0.25) is 0 Å². The quantitative estimate of drug-likeness (QED) is 0.597. The molecule has 0 N–H and O–H groups in total. The number of pyridine rings is 1. The predicted octanol–water partition coefficient (Wildman–Crippen LogP) is 3.59. The molecule has 0 amide bonds. The van der Waals surface area contributed by atoms with Gasteiger partial charge in [0.2, 0.25) is 0 Å². The van der Waals surface area contributed by atoms with Crippen molar-refractivity contribution < 1.29 is 26.7 Å². The molecule has 1 rings (SSSR count). The third-order valence-corrected chi connectivity index (χ3v) is 2.65. The zero-order valence-electron chi connectivity index (χ0n) is 8.43. The lowest BCUT2D eigenvalue weighted by Gasteiger charge is -2.13. The normalized spacial score (nSPS) is 11.4. The van der Waals surface area contributed by atoms with Crippen LogP contribution in [0.25, 0.3) is 0 Å². The van der Waals surface area contributed by atoms with E-state index in [4.69, 9.17) is 5.26 Å². The molecule has 0 spiro atoms. The van der Waals surface area contributed by atoms with Crippen LogP contribution in [0.3, 0.4) is 0 Å². The van der Waals surface area contributed by atoms with Crippen LogP contribution >= 0.6 is 22.6 Å². The summed E-state index contributed by atoms with van der Waals surface area (Å²) in [6.07, 6.45) is -8.58. The summed E-state index contributed by atoms with van der Waals surface area (Å²) in [6.45, 7) is 0. The molecule has 18 heavy (non-hydrogen) atoms. The summed E-state index contributed by atoms with van der Waals surface area (Å²) in [5.41, 5.74) is -1.14. The molecule has 0 aliphatic heterocycles.